The fourth-order valence-corrected chi connectivity index (χ4v) is 4.10. The molecular weight excluding hydrogens is 466 g/mol. The maximum absolute atomic E-state index is 12.8. The fraction of sp³-hybridized carbons (Fsp3) is 0.200. The molecule has 1 atom stereocenters. The van der Waals surface area contributed by atoms with Crippen molar-refractivity contribution in [1.82, 2.24) is 14.8 Å². The van der Waals surface area contributed by atoms with Crippen molar-refractivity contribution < 1.29 is 18.7 Å². The van der Waals surface area contributed by atoms with E-state index < -0.39 is 11.2 Å². The molecule has 4 aromatic rings. The van der Waals surface area contributed by atoms with Crippen LogP contribution in [0.25, 0.3) is 0 Å². The Kier molecular flexibility index (Phi) is 7.84. The minimum absolute atomic E-state index is 0.154. The smallest absolute Gasteiger partial charge is 0.237 e. The van der Waals surface area contributed by atoms with Gasteiger partial charge in [-0.3, -0.25) is 14.2 Å². The molecule has 4 rings (SSSR count). The van der Waals surface area contributed by atoms with Gasteiger partial charge in [-0.25, -0.2) is 0 Å². The maximum atomic E-state index is 12.8. The normalized spacial score (nSPS) is 11.7. The SMILES string of the molecule is CC(Sc1nnc(CCC(N)=O)n1Cc1ccco1)C(=O)Nc1ccc(Oc2ccccc2)cc1. The molecular formula is C25H25N5O4S. The summed E-state index contributed by atoms with van der Waals surface area (Å²) < 4.78 is 13.1. The van der Waals surface area contributed by atoms with Crippen LogP contribution in [0.4, 0.5) is 5.69 Å². The van der Waals surface area contributed by atoms with Gasteiger partial charge < -0.3 is 20.2 Å². The number of thioether (sulfide) groups is 1. The predicted molar refractivity (Wildman–Crippen MR) is 132 cm³/mol. The number of nitrogens with one attached hydrogen (secondary N) is 1. The third-order valence-electron chi connectivity index (χ3n) is 5.03. The molecule has 3 N–H and O–H groups in total. The van der Waals surface area contributed by atoms with Crippen molar-refractivity contribution in [2.45, 2.75) is 36.7 Å². The minimum Gasteiger partial charge on any atom is -0.467 e. The molecule has 10 heteroatoms. The molecule has 0 aliphatic rings. The van der Waals surface area contributed by atoms with Gasteiger partial charge in [0.15, 0.2) is 5.16 Å². The number of nitrogens with zero attached hydrogens (tertiary/aromatic N) is 3. The van der Waals surface area contributed by atoms with Crippen molar-refractivity contribution in [2.24, 2.45) is 5.73 Å². The molecule has 0 saturated carbocycles. The number of hydrogen-bond donors (Lipinski definition) is 2. The van der Waals surface area contributed by atoms with E-state index in [0.717, 1.165) is 5.75 Å². The number of aryl methyl sites for hydroxylation is 1. The summed E-state index contributed by atoms with van der Waals surface area (Å²) in [4.78, 5) is 24.1. The molecule has 35 heavy (non-hydrogen) atoms. The van der Waals surface area contributed by atoms with E-state index in [-0.39, 0.29) is 12.3 Å². The van der Waals surface area contributed by atoms with Gasteiger partial charge in [0.05, 0.1) is 18.1 Å². The largest absolute Gasteiger partial charge is 0.467 e. The number of amides is 2. The predicted octanol–water partition coefficient (Wildman–Crippen LogP) is 4.25. The van der Waals surface area contributed by atoms with E-state index in [9.17, 15) is 9.59 Å². The van der Waals surface area contributed by atoms with Crippen molar-refractivity contribution in [2.75, 3.05) is 5.32 Å². The Labute approximate surface area is 206 Å². The molecule has 2 amide bonds. The van der Waals surface area contributed by atoms with E-state index in [2.05, 4.69) is 15.5 Å². The number of para-hydroxylation sites is 1. The highest BCUT2D eigenvalue weighted by Gasteiger charge is 2.21. The Hall–Kier alpha value is -4.05. The van der Waals surface area contributed by atoms with Crippen LogP contribution in [0.5, 0.6) is 11.5 Å². The van der Waals surface area contributed by atoms with Gasteiger partial charge in [-0.05, 0) is 55.5 Å². The van der Waals surface area contributed by atoms with Crippen molar-refractivity contribution in [3.05, 3.63) is 84.6 Å². The Bertz CT molecular complexity index is 1260. The molecule has 0 aliphatic heterocycles. The molecule has 180 valence electrons. The monoisotopic (exact) mass is 491 g/mol. The molecule has 9 nitrogen and oxygen atoms in total. The number of anilines is 1. The average Bonchev–Trinajstić information content (AvgIpc) is 3.50. The number of benzene rings is 2. The number of ether oxygens (including phenoxy) is 1. The van der Waals surface area contributed by atoms with E-state index >= 15 is 0 Å². The highest BCUT2D eigenvalue weighted by Crippen LogP contribution is 2.26. The number of carbonyl (C=O) groups excluding carboxylic acids is 2. The second-order valence-corrected chi connectivity index (χ2v) is 9.03. The molecule has 1 unspecified atom stereocenters. The van der Waals surface area contributed by atoms with Crippen LogP contribution in [0.15, 0.2) is 82.6 Å². The average molecular weight is 492 g/mol. The van der Waals surface area contributed by atoms with Gasteiger partial charge in [-0.15, -0.1) is 10.2 Å². The molecule has 0 radical (unpaired) electrons. The van der Waals surface area contributed by atoms with Crippen LogP contribution < -0.4 is 15.8 Å². The van der Waals surface area contributed by atoms with Crippen LogP contribution in [0.2, 0.25) is 0 Å². The van der Waals surface area contributed by atoms with Gasteiger partial charge in [0.1, 0.15) is 23.1 Å². The van der Waals surface area contributed by atoms with Crippen LogP contribution in [0.3, 0.4) is 0 Å². The second-order valence-electron chi connectivity index (χ2n) is 7.72. The molecule has 2 heterocycles. The molecule has 0 spiro atoms. The van der Waals surface area contributed by atoms with Crippen molar-refractivity contribution >= 4 is 29.3 Å². The molecule has 0 bridgehead atoms. The van der Waals surface area contributed by atoms with E-state index in [0.29, 0.717) is 41.1 Å². The van der Waals surface area contributed by atoms with E-state index in [1.54, 1.807) is 43.5 Å². The lowest BCUT2D eigenvalue weighted by Crippen LogP contribution is -2.23. The summed E-state index contributed by atoms with van der Waals surface area (Å²) in [7, 11) is 0. The molecule has 0 aliphatic carbocycles. The zero-order valence-electron chi connectivity index (χ0n) is 19.1. The highest BCUT2D eigenvalue weighted by atomic mass is 32.2. The summed E-state index contributed by atoms with van der Waals surface area (Å²) in [6.07, 6.45) is 2.09. The highest BCUT2D eigenvalue weighted by molar-refractivity contribution is 8.00. The van der Waals surface area contributed by atoms with Gasteiger partial charge in [-0.1, -0.05) is 30.0 Å². The number of nitrogens with two attached hydrogens (primary N) is 1. The van der Waals surface area contributed by atoms with Gasteiger partial charge >= 0.3 is 0 Å². The first kappa shape index (κ1) is 24.1. The second kappa shape index (κ2) is 11.4. The van der Waals surface area contributed by atoms with Gasteiger partial charge in [-0.2, -0.15) is 0 Å². The quantitative estimate of drug-likeness (QED) is 0.300. The lowest BCUT2D eigenvalue weighted by Gasteiger charge is -2.13. The van der Waals surface area contributed by atoms with E-state index in [4.69, 9.17) is 14.9 Å². The molecule has 0 saturated heterocycles. The first-order chi connectivity index (χ1) is 17.0. The first-order valence-electron chi connectivity index (χ1n) is 11.0. The lowest BCUT2D eigenvalue weighted by molar-refractivity contribution is -0.118. The number of rotatable bonds is 11. The number of aromatic nitrogens is 3. The Morgan fingerprint density at radius 1 is 1.06 bits per heavy atom. The zero-order valence-corrected chi connectivity index (χ0v) is 19.9. The summed E-state index contributed by atoms with van der Waals surface area (Å²) >= 11 is 1.27. The van der Waals surface area contributed by atoms with Gasteiger partial charge in [0.2, 0.25) is 11.8 Å². The standard InChI is InChI=1S/C25H25N5O4S/c1-17(24(32)27-18-9-11-20(12-10-18)34-19-6-3-2-4-7-19)35-25-29-28-23(14-13-22(26)31)30(25)16-21-8-5-15-33-21/h2-12,15,17H,13-14,16H2,1H3,(H2,26,31)(H,27,32). The zero-order chi connectivity index (χ0) is 24.6. The minimum atomic E-state index is -0.459. The fourth-order valence-electron chi connectivity index (χ4n) is 3.23. The van der Waals surface area contributed by atoms with Crippen LogP contribution >= 0.6 is 11.8 Å². The van der Waals surface area contributed by atoms with E-state index in [1.807, 2.05) is 41.0 Å². The number of primary amides is 1. The van der Waals surface area contributed by atoms with Crippen molar-refractivity contribution in [3.63, 3.8) is 0 Å². The molecule has 2 aromatic heterocycles. The number of furan rings is 1. The summed E-state index contributed by atoms with van der Waals surface area (Å²) in [5.41, 5.74) is 5.95. The Balaban J connectivity index is 1.40. The van der Waals surface area contributed by atoms with Gasteiger partial charge in [0, 0.05) is 18.5 Å². The molecule has 0 fully saturated rings. The third-order valence-corrected chi connectivity index (χ3v) is 6.12. The van der Waals surface area contributed by atoms with Crippen LogP contribution in [0.1, 0.15) is 24.9 Å². The summed E-state index contributed by atoms with van der Waals surface area (Å²) in [5.74, 6) is 2.12. The van der Waals surface area contributed by atoms with Crippen LogP contribution in [-0.4, -0.2) is 31.8 Å². The third kappa shape index (κ3) is 6.73. The lowest BCUT2D eigenvalue weighted by atomic mass is 10.3. The van der Waals surface area contributed by atoms with Gasteiger partial charge in [0.25, 0.3) is 0 Å². The number of carbonyl (C=O) groups is 2. The summed E-state index contributed by atoms with van der Waals surface area (Å²) in [6.45, 7) is 2.18. The first-order valence-corrected chi connectivity index (χ1v) is 11.9. The van der Waals surface area contributed by atoms with Crippen molar-refractivity contribution in [1.29, 1.82) is 0 Å². The Morgan fingerprint density at radius 3 is 2.49 bits per heavy atom. The van der Waals surface area contributed by atoms with Crippen LogP contribution in [-0.2, 0) is 22.6 Å². The Morgan fingerprint density at radius 2 is 1.80 bits per heavy atom. The number of hydrogen-bond acceptors (Lipinski definition) is 7. The summed E-state index contributed by atoms with van der Waals surface area (Å²) in [6, 6.07) is 20.3. The summed E-state index contributed by atoms with van der Waals surface area (Å²) in [5, 5.41) is 11.5. The van der Waals surface area contributed by atoms with Crippen molar-refractivity contribution in [3.8, 4) is 11.5 Å². The maximum Gasteiger partial charge on any atom is 0.237 e. The topological polar surface area (TPSA) is 125 Å². The van der Waals surface area contributed by atoms with E-state index in [1.165, 1.54) is 11.8 Å². The molecule has 2 aromatic carbocycles. The van der Waals surface area contributed by atoms with Crippen LogP contribution in [0, 0.1) is 0 Å².